The number of hydrogen-bond donors (Lipinski definition) is 2. The summed E-state index contributed by atoms with van der Waals surface area (Å²) in [6, 6.07) is 9.44. The van der Waals surface area contributed by atoms with Crippen LogP contribution in [0.2, 0.25) is 5.02 Å². The number of nitrogens with zero attached hydrogens (tertiary/aromatic N) is 4. The van der Waals surface area contributed by atoms with E-state index in [1.165, 1.54) is 0 Å². The molecule has 2 aromatic rings. The van der Waals surface area contributed by atoms with Crippen LogP contribution in [0.5, 0.6) is 0 Å². The minimum atomic E-state index is 0.256. The molecule has 1 aromatic heterocycles. The topological polar surface area (TPSA) is 70.3 Å². The van der Waals surface area contributed by atoms with Crippen LogP contribution in [0, 0.1) is 0 Å². The van der Waals surface area contributed by atoms with Gasteiger partial charge in [-0.25, -0.2) is 0 Å². The molecule has 0 spiro atoms. The van der Waals surface area contributed by atoms with Gasteiger partial charge in [-0.1, -0.05) is 23.7 Å². The maximum Gasteiger partial charge on any atom is 0.223 e. The Balaban J connectivity index is 1.82. The van der Waals surface area contributed by atoms with E-state index in [1.54, 1.807) is 0 Å². The van der Waals surface area contributed by atoms with E-state index in [4.69, 9.17) is 17.3 Å². The highest BCUT2D eigenvalue weighted by Gasteiger charge is 2.16. The number of likely N-dealkylation sites (N-methyl/N-ethyl adjacent to an activating group) is 1. The number of anilines is 4. The van der Waals surface area contributed by atoms with Crippen LogP contribution in [0.4, 0.5) is 23.3 Å². The van der Waals surface area contributed by atoms with E-state index < -0.39 is 0 Å². The monoisotopic (exact) mass is 318 g/mol. The van der Waals surface area contributed by atoms with Crippen molar-refractivity contribution in [2.24, 2.45) is 0 Å². The summed E-state index contributed by atoms with van der Waals surface area (Å²) in [5.74, 6) is 1.75. The first-order valence-electron chi connectivity index (χ1n) is 7.21. The number of para-hydroxylation sites is 1. The van der Waals surface area contributed by atoms with Gasteiger partial charge >= 0.3 is 0 Å². The average Bonchev–Trinajstić information content (AvgIpc) is 2.50. The number of piperazine rings is 1. The predicted octanol–water partition coefficient (Wildman–Crippen LogP) is 2.21. The third kappa shape index (κ3) is 3.40. The molecule has 0 aliphatic carbocycles. The quantitative estimate of drug-likeness (QED) is 0.904. The lowest BCUT2D eigenvalue weighted by molar-refractivity contribution is 0.312. The first-order chi connectivity index (χ1) is 10.6. The number of nitrogen functional groups attached to an aromatic ring is 1. The fourth-order valence-corrected chi connectivity index (χ4v) is 2.60. The van der Waals surface area contributed by atoms with Crippen LogP contribution in [0.15, 0.2) is 30.3 Å². The number of nitrogens with two attached hydrogens (primary N) is 1. The summed E-state index contributed by atoms with van der Waals surface area (Å²) in [6.45, 7) is 3.88. The van der Waals surface area contributed by atoms with E-state index >= 15 is 0 Å². The van der Waals surface area contributed by atoms with Gasteiger partial charge in [-0.05, 0) is 19.2 Å². The molecule has 0 bridgehead atoms. The Morgan fingerprint density at radius 2 is 1.86 bits per heavy atom. The summed E-state index contributed by atoms with van der Waals surface area (Å²) >= 11 is 6.17. The van der Waals surface area contributed by atoms with Crippen molar-refractivity contribution in [2.75, 3.05) is 49.2 Å². The third-order valence-electron chi connectivity index (χ3n) is 3.69. The molecule has 2 heterocycles. The number of halogens is 1. The van der Waals surface area contributed by atoms with Crippen LogP contribution in [0.3, 0.4) is 0 Å². The van der Waals surface area contributed by atoms with E-state index in [0.717, 1.165) is 37.7 Å². The molecule has 0 atom stereocenters. The molecule has 1 aromatic carbocycles. The number of aromatic nitrogens is 2. The van der Waals surface area contributed by atoms with E-state index in [2.05, 4.69) is 32.1 Å². The maximum atomic E-state index is 6.17. The van der Waals surface area contributed by atoms with Crippen molar-refractivity contribution in [3.63, 3.8) is 0 Å². The molecule has 1 fully saturated rings. The zero-order valence-electron chi connectivity index (χ0n) is 12.5. The molecule has 0 amide bonds. The molecular formula is C15H19ClN6. The van der Waals surface area contributed by atoms with Gasteiger partial charge in [0.25, 0.3) is 0 Å². The number of nitrogens with one attached hydrogen (secondary N) is 1. The molecule has 0 unspecified atom stereocenters. The average molecular weight is 319 g/mol. The Morgan fingerprint density at radius 1 is 1.14 bits per heavy atom. The third-order valence-corrected chi connectivity index (χ3v) is 4.02. The highest BCUT2D eigenvalue weighted by molar-refractivity contribution is 6.33. The summed E-state index contributed by atoms with van der Waals surface area (Å²) in [4.78, 5) is 13.1. The molecule has 3 N–H and O–H groups in total. The Kier molecular flexibility index (Phi) is 4.31. The lowest BCUT2D eigenvalue weighted by Crippen LogP contribution is -2.44. The highest BCUT2D eigenvalue weighted by Crippen LogP contribution is 2.26. The maximum absolute atomic E-state index is 6.17. The fraction of sp³-hybridized carbons (Fsp3) is 0.333. The number of hydrogen-bond acceptors (Lipinski definition) is 6. The zero-order valence-corrected chi connectivity index (χ0v) is 13.2. The summed E-state index contributed by atoms with van der Waals surface area (Å²) < 4.78 is 0. The van der Waals surface area contributed by atoms with E-state index in [-0.39, 0.29) is 5.95 Å². The molecule has 1 saturated heterocycles. The first-order valence-corrected chi connectivity index (χ1v) is 7.59. The van der Waals surface area contributed by atoms with Crippen molar-refractivity contribution in [3.8, 4) is 0 Å². The highest BCUT2D eigenvalue weighted by atomic mass is 35.5. The van der Waals surface area contributed by atoms with Crippen LogP contribution in [-0.4, -0.2) is 48.1 Å². The van der Waals surface area contributed by atoms with Gasteiger partial charge in [-0.3, -0.25) is 0 Å². The van der Waals surface area contributed by atoms with Crippen molar-refractivity contribution in [1.82, 2.24) is 14.9 Å². The smallest absolute Gasteiger partial charge is 0.223 e. The summed E-state index contributed by atoms with van der Waals surface area (Å²) in [6.07, 6.45) is 0. The van der Waals surface area contributed by atoms with Gasteiger partial charge in [-0.2, -0.15) is 9.97 Å². The lowest BCUT2D eigenvalue weighted by atomic mass is 10.3. The van der Waals surface area contributed by atoms with E-state index in [0.29, 0.717) is 10.8 Å². The largest absolute Gasteiger partial charge is 0.368 e. The molecule has 22 heavy (non-hydrogen) atoms. The van der Waals surface area contributed by atoms with Crippen molar-refractivity contribution in [1.29, 1.82) is 0 Å². The molecule has 116 valence electrons. The number of rotatable bonds is 3. The Hall–Kier alpha value is -2.05. The summed E-state index contributed by atoms with van der Waals surface area (Å²) in [7, 11) is 2.12. The summed E-state index contributed by atoms with van der Waals surface area (Å²) in [5.41, 5.74) is 6.65. The second-order valence-electron chi connectivity index (χ2n) is 5.36. The van der Waals surface area contributed by atoms with Crippen LogP contribution >= 0.6 is 11.6 Å². The van der Waals surface area contributed by atoms with E-state index in [9.17, 15) is 0 Å². The SMILES string of the molecule is CN1CCN(c2cc(Nc3ccccc3Cl)nc(N)n2)CC1. The molecule has 1 aliphatic rings. The predicted molar refractivity (Wildman–Crippen MR) is 90.9 cm³/mol. The number of benzene rings is 1. The van der Waals surface area contributed by atoms with Crippen LogP contribution in [0.1, 0.15) is 0 Å². The van der Waals surface area contributed by atoms with Gasteiger partial charge in [0.2, 0.25) is 5.95 Å². The minimum Gasteiger partial charge on any atom is -0.368 e. The normalized spacial score (nSPS) is 15.8. The van der Waals surface area contributed by atoms with Crippen LogP contribution < -0.4 is 16.0 Å². The van der Waals surface area contributed by atoms with Crippen molar-refractivity contribution >= 4 is 34.9 Å². The zero-order chi connectivity index (χ0) is 15.5. The van der Waals surface area contributed by atoms with Gasteiger partial charge in [0, 0.05) is 32.2 Å². The van der Waals surface area contributed by atoms with Crippen molar-refractivity contribution < 1.29 is 0 Å². The standard InChI is InChI=1S/C15H19ClN6/c1-21-6-8-22(9-7-21)14-10-13(19-15(17)20-14)18-12-5-3-2-4-11(12)16/h2-5,10H,6-9H2,1H3,(H3,17,18,19,20). The van der Waals surface area contributed by atoms with Gasteiger partial charge in [0.15, 0.2) is 0 Å². The lowest BCUT2D eigenvalue weighted by Gasteiger charge is -2.33. The molecule has 3 rings (SSSR count). The Bertz CT molecular complexity index is 654. The Morgan fingerprint density at radius 3 is 2.59 bits per heavy atom. The Labute approximate surface area is 134 Å². The first kappa shape index (κ1) is 14.9. The second kappa shape index (κ2) is 6.37. The van der Waals surface area contributed by atoms with Crippen LogP contribution in [0.25, 0.3) is 0 Å². The molecular weight excluding hydrogens is 300 g/mol. The molecule has 6 nitrogen and oxygen atoms in total. The van der Waals surface area contributed by atoms with E-state index in [1.807, 2.05) is 30.3 Å². The van der Waals surface area contributed by atoms with Gasteiger partial charge in [0.1, 0.15) is 11.6 Å². The van der Waals surface area contributed by atoms with Crippen molar-refractivity contribution in [3.05, 3.63) is 35.4 Å². The molecule has 7 heteroatoms. The van der Waals surface area contributed by atoms with Gasteiger partial charge < -0.3 is 20.9 Å². The van der Waals surface area contributed by atoms with Crippen molar-refractivity contribution in [2.45, 2.75) is 0 Å². The minimum absolute atomic E-state index is 0.256. The van der Waals surface area contributed by atoms with Gasteiger partial charge in [0.05, 0.1) is 10.7 Å². The fourth-order valence-electron chi connectivity index (χ4n) is 2.41. The molecule has 0 saturated carbocycles. The second-order valence-corrected chi connectivity index (χ2v) is 5.77. The van der Waals surface area contributed by atoms with Crippen LogP contribution in [-0.2, 0) is 0 Å². The summed E-state index contributed by atoms with van der Waals surface area (Å²) in [5, 5.41) is 3.84. The van der Waals surface area contributed by atoms with Gasteiger partial charge in [-0.15, -0.1) is 0 Å². The molecule has 1 aliphatic heterocycles. The molecule has 0 radical (unpaired) electrons.